The molecule has 1 unspecified atom stereocenters. The molecule has 0 radical (unpaired) electrons. The van der Waals surface area contributed by atoms with Crippen molar-refractivity contribution in [1.82, 2.24) is 4.90 Å². The average Bonchev–Trinajstić information content (AvgIpc) is 2.75. The summed E-state index contributed by atoms with van der Waals surface area (Å²) in [7, 11) is 0. The predicted molar refractivity (Wildman–Crippen MR) is 116 cm³/mol. The molecule has 2 aromatic carbocycles. The third-order valence-electron chi connectivity index (χ3n) is 6.35. The number of unbranched alkanes of at least 4 members (excludes halogenated alkanes) is 1. The summed E-state index contributed by atoms with van der Waals surface area (Å²) in [5.74, 6) is 0.825. The zero-order valence-electron chi connectivity index (χ0n) is 16.9. The van der Waals surface area contributed by atoms with Crippen LogP contribution in [0.25, 0.3) is 5.70 Å². The molecule has 28 heavy (non-hydrogen) atoms. The quantitative estimate of drug-likeness (QED) is 0.402. The Balaban J connectivity index is 1.78. The molecule has 146 valence electrons. The van der Waals surface area contributed by atoms with Gasteiger partial charge in [0, 0.05) is 0 Å². The fourth-order valence-corrected chi connectivity index (χ4v) is 6.22. The number of hydrogen-bond acceptors (Lipinski definition) is 1. The molecule has 1 atom stereocenters. The Hall–Kier alpha value is -1.46. The van der Waals surface area contributed by atoms with E-state index < -0.39 is 0 Å². The summed E-state index contributed by atoms with van der Waals surface area (Å²) < 4.78 is 1.56. The van der Waals surface area contributed by atoms with Crippen molar-refractivity contribution in [3.05, 3.63) is 77.4 Å². The molecule has 4 rings (SSSR count). The molecule has 1 fully saturated rings. The second-order valence-corrected chi connectivity index (χ2v) is 9.68. The summed E-state index contributed by atoms with van der Waals surface area (Å²) >= 11 is 1.60. The number of benzene rings is 2. The van der Waals surface area contributed by atoms with Gasteiger partial charge in [0.05, 0.1) is 0 Å². The first-order valence-corrected chi connectivity index (χ1v) is 12.4. The van der Waals surface area contributed by atoms with Crippen molar-refractivity contribution in [2.75, 3.05) is 6.54 Å². The molecule has 0 bridgehead atoms. The molecule has 1 aliphatic carbocycles. The molecule has 0 spiro atoms. The first-order chi connectivity index (χ1) is 13.8. The van der Waals surface area contributed by atoms with Gasteiger partial charge in [0.1, 0.15) is 0 Å². The van der Waals surface area contributed by atoms with Crippen LogP contribution >= 0.6 is 0 Å². The van der Waals surface area contributed by atoms with Crippen LogP contribution in [0.5, 0.6) is 0 Å². The number of nitrogens with zero attached hydrogens (tertiary/aromatic N) is 1. The van der Waals surface area contributed by atoms with Crippen LogP contribution in [0.2, 0.25) is 0 Å². The van der Waals surface area contributed by atoms with Gasteiger partial charge in [-0.05, 0) is 0 Å². The minimum absolute atomic E-state index is 0.620. The zero-order chi connectivity index (χ0) is 19.3. The van der Waals surface area contributed by atoms with Crippen LogP contribution < -0.4 is 0 Å². The molecule has 2 aromatic rings. The van der Waals surface area contributed by atoms with E-state index in [1.807, 2.05) is 0 Å². The monoisotopic (exact) mass is 541 g/mol. The molecular formula is C26H31NW. The summed E-state index contributed by atoms with van der Waals surface area (Å²) in [5, 5.41) is 0. The van der Waals surface area contributed by atoms with Gasteiger partial charge in [-0.25, -0.2) is 0 Å². The van der Waals surface area contributed by atoms with Crippen molar-refractivity contribution in [3.8, 4) is 0 Å². The maximum atomic E-state index is 2.77. The predicted octanol–water partition coefficient (Wildman–Crippen LogP) is 6.23. The first-order valence-electron chi connectivity index (χ1n) is 11.0. The van der Waals surface area contributed by atoms with Crippen LogP contribution in [0.15, 0.2) is 66.2 Å². The zero-order valence-corrected chi connectivity index (χ0v) is 19.9. The van der Waals surface area contributed by atoms with E-state index in [1.54, 1.807) is 28.8 Å². The number of hydrogen-bond donors (Lipinski definition) is 0. The van der Waals surface area contributed by atoms with Crippen molar-refractivity contribution >= 4 is 9.59 Å². The Morgan fingerprint density at radius 1 is 0.929 bits per heavy atom. The van der Waals surface area contributed by atoms with Crippen LogP contribution in [-0.4, -0.2) is 21.4 Å². The fourth-order valence-electron chi connectivity index (χ4n) is 4.95. The Morgan fingerprint density at radius 3 is 2.21 bits per heavy atom. The van der Waals surface area contributed by atoms with Crippen LogP contribution in [0.1, 0.15) is 63.0 Å². The van der Waals surface area contributed by atoms with E-state index in [0.29, 0.717) is 6.04 Å². The Morgan fingerprint density at radius 2 is 1.57 bits per heavy atom. The van der Waals surface area contributed by atoms with E-state index in [4.69, 9.17) is 0 Å². The van der Waals surface area contributed by atoms with Crippen LogP contribution in [-0.2, 0) is 19.4 Å². The molecule has 0 N–H and O–H groups in total. The van der Waals surface area contributed by atoms with Gasteiger partial charge >= 0.3 is 182 Å². The molecule has 1 aliphatic heterocycles. The summed E-state index contributed by atoms with van der Waals surface area (Å²) in [6.45, 7) is 3.51. The molecule has 0 aromatic heterocycles. The Kier molecular flexibility index (Phi) is 6.63. The second kappa shape index (κ2) is 9.36. The third kappa shape index (κ3) is 3.97. The van der Waals surface area contributed by atoms with E-state index in [-0.39, 0.29) is 0 Å². The second-order valence-electron chi connectivity index (χ2n) is 8.21. The van der Waals surface area contributed by atoms with Crippen molar-refractivity contribution < 1.29 is 19.4 Å². The van der Waals surface area contributed by atoms with Gasteiger partial charge in [0.15, 0.2) is 0 Å². The van der Waals surface area contributed by atoms with E-state index in [1.165, 1.54) is 68.3 Å². The van der Waals surface area contributed by atoms with E-state index in [2.05, 4.69) is 72.5 Å². The molecule has 0 amide bonds. The van der Waals surface area contributed by atoms with E-state index in [0.717, 1.165) is 5.92 Å². The van der Waals surface area contributed by atoms with Gasteiger partial charge in [0.2, 0.25) is 0 Å². The van der Waals surface area contributed by atoms with Crippen LogP contribution in [0.3, 0.4) is 0 Å². The van der Waals surface area contributed by atoms with Crippen LogP contribution in [0, 0.1) is 5.92 Å². The average molecular weight is 541 g/mol. The van der Waals surface area contributed by atoms with Crippen molar-refractivity contribution in [3.63, 3.8) is 0 Å². The van der Waals surface area contributed by atoms with Gasteiger partial charge in [-0.3, -0.25) is 0 Å². The van der Waals surface area contributed by atoms with Crippen LogP contribution in [0.4, 0.5) is 0 Å². The van der Waals surface area contributed by atoms with Gasteiger partial charge in [-0.1, -0.05) is 0 Å². The fraction of sp³-hybridized carbons (Fsp3) is 0.423. The molecule has 1 saturated carbocycles. The van der Waals surface area contributed by atoms with Gasteiger partial charge in [-0.15, -0.1) is 0 Å². The van der Waals surface area contributed by atoms with Crippen molar-refractivity contribution in [2.24, 2.45) is 5.92 Å². The Bertz CT molecular complexity index is 818. The summed E-state index contributed by atoms with van der Waals surface area (Å²) in [6.07, 6.45) is 9.59. The normalized spacial score (nSPS) is 20.2. The summed E-state index contributed by atoms with van der Waals surface area (Å²) in [6, 6.07) is 22.8. The standard InChI is InChI=1S/C26H31N.W/c1-2-3-19-27-25(22-15-9-5-10-16-22)24(20-21-13-7-4-8-14-21)26(27)23-17-11-6-12-18-23;/h4-5,7-10,13-16,23,26H,2-3,6,11-12,17-19H2,1H3;. The maximum absolute atomic E-state index is 2.77. The summed E-state index contributed by atoms with van der Waals surface area (Å²) in [4.78, 5) is 2.77. The molecule has 1 heterocycles. The Labute approximate surface area is 181 Å². The topological polar surface area (TPSA) is 3.24 Å². The minimum atomic E-state index is 0.620. The molecule has 0 saturated heterocycles. The van der Waals surface area contributed by atoms with Crippen molar-refractivity contribution in [1.29, 1.82) is 0 Å². The third-order valence-corrected chi connectivity index (χ3v) is 7.99. The first kappa shape index (κ1) is 19.8. The van der Waals surface area contributed by atoms with E-state index >= 15 is 0 Å². The SMILES string of the molecule is CCCCN1C(c2ccccc2)=C([C](=[W])c2ccccc2)C1C1CCCCC1. The molecule has 1 nitrogen and oxygen atoms in total. The van der Waals surface area contributed by atoms with Gasteiger partial charge in [0.25, 0.3) is 0 Å². The molecular weight excluding hydrogens is 510 g/mol. The van der Waals surface area contributed by atoms with Gasteiger partial charge in [-0.2, -0.15) is 0 Å². The van der Waals surface area contributed by atoms with E-state index in [9.17, 15) is 0 Å². The summed E-state index contributed by atoms with van der Waals surface area (Å²) in [5.41, 5.74) is 5.97. The molecule has 2 aliphatic rings. The van der Waals surface area contributed by atoms with Gasteiger partial charge < -0.3 is 0 Å². The van der Waals surface area contributed by atoms with Crippen molar-refractivity contribution in [2.45, 2.75) is 57.9 Å². The molecule has 2 heteroatoms. The number of rotatable bonds is 7.